The summed E-state index contributed by atoms with van der Waals surface area (Å²) in [7, 11) is 0. The molecule has 0 saturated carbocycles. The van der Waals surface area contributed by atoms with Crippen LogP contribution >= 0.6 is 0 Å². The second-order valence-corrected chi connectivity index (χ2v) is 15.3. The van der Waals surface area contributed by atoms with Crippen LogP contribution < -0.4 is 0 Å². The van der Waals surface area contributed by atoms with Crippen LogP contribution in [0.2, 0.25) is 0 Å². The Hall–Kier alpha value is -8.04. The highest BCUT2D eigenvalue weighted by Crippen LogP contribution is 2.55. The van der Waals surface area contributed by atoms with Gasteiger partial charge >= 0.3 is 0 Å². The number of benzene rings is 10. The highest BCUT2D eigenvalue weighted by atomic mass is 14.3. The van der Waals surface area contributed by atoms with Gasteiger partial charge in [-0.25, -0.2) is 0 Å². The molecule has 0 bridgehead atoms. The third kappa shape index (κ3) is 4.40. The molecule has 12 rings (SSSR count). The van der Waals surface area contributed by atoms with Crippen LogP contribution in [0.25, 0.3) is 120 Å². The molecule has 0 N–H and O–H groups in total. The Kier molecular flexibility index (Phi) is 6.80. The minimum absolute atomic E-state index is 0.532. The Morgan fingerprint density at radius 2 is 0.810 bits per heavy atom. The zero-order valence-electron chi connectivity index (χ0n) is 31.2. The quantitative estimate of drug-likeness (QED) is 0.169. The summed E-state index contributed by atoms with van der Waals surface area (Å²) in [6.07, 6.45) is 0. The van der Waals surface area contributed by atoms with E-state index in [1.54, 1.807) is 12.1 Å². The van der Waals surface area contributed by atoms with Gasteiger partial charge in [0.15, 0.2) is 0 Å². The summed E-state index contributed by atoms with van der Waals surface area (Å²) in [5, 5.41) is 37.4. The standard InChI is InChI=1S/C56H30N2/c57-31-33-24-25-38(32-58)47(28-33)37-17-9-16-36(29-37)39-26-27-46-52-42(39)20-10-23-45(52)56-51(35-14-5-2-6-15-35)54-44-22-11-21-43-40-18-7-8-19-41(40)48(53(43)44)30-49(54)50(55(46)56)34-12-3-1-4-13-34/h1-30H. The molecule has 0 spiro atoms. The molecule has 58 heavy (non-hydrogen) atoms. The number of nitrogens with zero attached hydrogens (tertiary/aromatic N) is 2. The fourth-order valence-electron chi connectivity index (χ4n) is 10.1. The van der Waals surface area contributed by atoms with Crippen LogP contribution in [0.5, 0.6) is 0 Å². The number of hydrogen-bond donors (Lipinski definition) is 0. The summed E-state index contributed by atoms with van der Waals surface area (Å²) in [4.78, 5) is 0. The molecule has 2 nitrogen and oxygen atoms in total. The molecule has 0 aliphatic heterocycles. The van der Waals surface area contributed by atoms with Crippen LogP contribution in [0.1, 0.15) is 11.1 Å². The Morgan fingerprint density at radius 1 is 0.276 bits per heavy atom. The highest BCUT2D eigenvalue weighted by molar-refractivity contribution is 6.45. The predicted molar refractivity (Wildman–Crippen MR) is 243 cm³/mol. The Labute approximate surface area is 334 Å². The van der Waals surface area contributed by atoms with E-state index in [2.05, 4.69) is 170 Å². The van der Waals surface area contributed by atoms with Crippen molar-refractivity contribution in [3.63, 3.8) is 0 Å². The van der Waals surface area contributed by atoms with Crippen molar-refractivity contribution in [2.24, 2.45) is 0 Å². The van der Waals surface area contributed by atoms with Gasteiger partial charge in [0.05, 0.1) is 23.3 Å². The molecule has 0 aromatic heterocycles. The van der Waals surface area contributed by atoms with E-state index in [-0.39, 0.29) is 0 Å². The van der Waals surface area contributed by atoms with E-state index >= 15 is 0 Å². The van der Waals surface area contributed by atoms with Crippen molar-refractivity contribution in [3.8, 4) is 56.6 Å². The summed E-state index contributed by atoms with van der Waals surface area (Å²) in [6, 6.07) is 69.7. The van der Waals surface area contributed by atoms with E-state index in [4.69, 9.17) is 0 Å². The Morgan fingerprint density at radius 3 is 1.53 bits per heavy atom. The van der Waals surface area contributed by atoms with Gasteiger partial charge in [0, 0.05) is 5.56 Å². The maximum absolute atomic E-state index is 10.0. The van der Waals surface area contributed by atoms with Crippen molar-refractivity contribution in [2.75, 3.05) is 0 Å². The monoisotopic (exact) mass is 730 g/mol. The van der Waals surface area contributed by atoms with E-state index in [0.717, 1.165) is 22.3 Å². The first-order chi connectivity index (χ1) is 28.7. The minimum Gasteiger partial charge on any atom is -0.192 e. The molecule has 12 aromatic rings. The molecule has 0 atom stereocenters. The number of rotatable bonds is 4. The van der Waals surface area contributed by atoms with Gasteiger partial charge < -0.3 is 0 Å². The Balaban J connectivity index is 1.27. The first kappa shape index (κ1) is 32.2. The summed E-state index contributed by atoms with van der Waals surface area (Å²) in [6.45, 7) is 0. The normalized spacial score (nSPS) is 11.8. The molecule has 0 saturated heterocycles. The average molecular weight is 731 g/mol. The lowest BCUT2D eigenvalue weighted by Gasteiger charge is -2.19. The minimum atomic E-state index is 0.532. The molecule has 0 aliphatic carbocycles. The zero-order valence-corrected chi connectivity index (χ0v) is 31.2. The van der Waals surface area contributed by atoms with Gasteiger partial charge in [-0.1, -0.05) is 152 Å². The van der Waals surface area contributed by atoms with Crippen molar-refractivity contribution in [2.45, 2.75) is 0 Å². The SMILES string of the molecule is N#Cc1ccc(C#N)c(-c2cccc(-c3ccc4c5c(-c6ccccc6)c6cc7c8ccccc8c8cccc(c6c(-c6ccccc6)c5c5cccc3c45)c87)c2)c1. The lowest BCUT2D eigenvalue weighted by molar-refractivity contribution is 1.45. The second-order valence-electron chi connectivity index (χ2n) is 15.3. The molecular formula is C56H30N2. The molecule has 12 aromatic carbocycles. The molecule has 0 amide bonds. The molecule has 0 unspecified atom stereocenters. The highest BCUT2D eigenvalue weighted by Gasteiger charge is 2.27. The molecule has 0 fully saturated rings. The number of fused-ring (bicyclic) bond motifs is 8. The molecule has 0 radical (unpaired) electrons. The van der Waals surface area contributed by atoms with Crippen molar-refractivity contribution in [1.29, 1.82) is 10.5 Å². The molecular weight excluding hydrogens is 701 g/mol. The average Bonchev–Trinajstić information content (AvgIpc) is 3.80. The van der Waals surface area contributed by atoms with Crippen molar-refractivity contribution in [3.05, 3.63) is 193 Å². The van der Waals surface area contributed by atoms with Gasteiger partial charge in [0.2, 0.25) is 0 Å². The third-order valence-corrected chi connectivity index (χ3v) is 12.4. The summed E-state index contributed by atoms with van der Waals surface area (Å²) >= 11 is 0. The van der Waals surface area contributed by atoms with Gasteiger partial charge in [0.1, 0.15) is 0 Å². The lowest BCUT2D eigenvalue weighted by atomic mass is 9.84. The van der Waals surface area contributed by atoms with E-state index in [9.17, 15) is 10.5 Å². The van der Waals surface area contributed by atoms with Crippen LogP contribution in [0.3, 0.4) is 0 Å². The van der Waals surface area contributed by atoms with E-state index in [1.807, 2.05) is 12.1 Å². The first-order valence-electron chi connectivity index (χ1n) is 19.6. The largest absolute Gasteiger partial charge is 0.192 e. The topological polar surface area (TPSA) is 47.6 Å². The number of hydrogen-bond acceptors (Lipinski definition) is 2. The van der Waals surface area contributed by atoms with Gasteiger partial charge in [0.25, 0.3) is 0 Å². The van der Waals surface area contributed by atoms with E-state index in [1.165, 1.54) is 97.7 Å². The van der Waals surface area contributed by atoms with Gasteiger partial charge in [-0.05, 0) is 145 Å². The molecule has 2 heteroatoms. The third-order valence-electron chi connectivity index (χ3n) is 12.4. The summed E-state index contributed by atoms with van der Waals surface area (Å²) in [5.74, 6) is 0. The lowest BCUT2D eigenvalue weighted by Crippen LogP contribution is -1.91. The van der Waals surface area contributed by atoms with E-state index in [0.29, 0.717) is 11.1 Å². The molecule has 0 aliphatic rings. The predicted octanol–water partition coefficient (Wildman–Crippen LogP) is 15.0. The van der Waals surface area contributed by atoms with Crippen molar-refractivity contribution < 1.29 is 0 Å². The Bertz CT molecular complexity index is 3740. The van der Waals surface area contributed by atoms with Crippen molar-refractivity contribution in [1.82, 2.24) is 0 Å². The fourth-order valence-corrected chi connectivity index (χ4v) is 10.1. The summed E-state index contributed by atoms with van der Waals surface area (Å²) in [5.41, 5.74) is 9.85. The molecule has 0 heterocycles. The van der Waals surface area contributed by atoms with Gasteiger partial charge in [-0.2, -0.15) is 10.5 Å². The van der Waals surface area contributed by atoms with Gasteiger partial charge in [-0.15, -0.1) is 0 Å². The first-order valence-corrected chi connectivity index (χ1v) is 19.6. The van der Waals surface area contributed by atoms with Crippen LogP contribution in [0, 0.1) is 22.7 Å². The van der Waals surface area contributed by atoms with Crippen LogP contribution in [-0.4, -0.2) is 0 Å². The van der Waals surface area contributed by atoms with Crippen LogP contribution in [0.4, 0.5) is 0 Å². The summed E-state index contributed by atoms with van der Waals surface area (Å²) < 4.78 is 0. The number of nitriles is 2. The fraction of sp³-hybridized carbons (Fsp3) is 0. The van der Waals surface area contributed by atoms with Crippen LogP contribution in [0.15, 0.2) is 182 Å². The van der Waals surface area contributed by atoms with Crippen molar-refractivity contribution >= 4 is 75.4 Å². The molecule has 264 valence electrons. The maximum atomic E-state index is 10.0. The second kappa shape index (κ2) is 12.2. The van der Waals surface area contributed by atoms with Gasteiger partial charge in [-0.3, -0.25) is 0 Å². The smallest absolute Gasteiger partial charge is 0.0998 e. The van der Waals surface area contributed by atoms with Crippen LogP contribution in [-0.2, 0) is 0 Å². The van der Waals surface area contributed by atoms with E-state index < -0.39 is 0 Å². The zero-order chi connectivity index (χ0) is 38.5. The maximum Gasteiger partial charge on any atom is 0.0998 e.